The molecule has 21 heavy (non-hydrogen) atoms. The van der Waals surface area contributed by atoms with E-state index in [1.807, 2.05) is 13.1 Å². The maximum Gasteiger partial charge on any atom is 0.128 e. The average Bonchev–Trinajstić information content (AvgIpc) is 2.45. The first-order valence-electron chi connectivity index (χ1n) is 7.61. The van der Waals surface area contributed by atoms with Crippen molar-refractivity contribution in [3.63, 3.8) is 0 Å². The summed E-state index contributed by atoms with van der Waals surface area (Å²) in [6, 6.07) is 0.566. The molecule has 1 atom stereocenters. The fourth-order valence-corrected chi connectivity index (χ4v) is 2.93. The molecule has 1 unspecified atom stereocenters. The zero-order chi connectivity index (χ0) is 15.4. The van der Waals surface area contributed by atoms with Crippen LogP contribution in [0.15, 0.2) is 6.20 Å². The van der Waals surface area contributed by atoms with Gasteiger partial charge in [-0.2, -0.15) is 0 Å². The number of hydrogen-bond acceptors (Lipinski definition) is 5. The molecule has 1 N–H and O–H groups in total. The zero-order valence-electron chi connectivity index (χ0n) is 13.9. The Balaban J connectivity index is 1.91. The molecule has 0 amide bonds. The highest BCUT2D eigenvalue weighted by Gasteiger charge is 2.21. The quantitative estimate of drug-likeness (QED) is 0.878. The molecule has 2 rings (SSSR count). The molecule has 0 aliphatic carbocycles. The second-order valence-corrected chi connectivity index (χ2v) is 6.07. The molecule has 118 valence electrons. The van der Waals surface area contributed by atoms with E-state index in [4.69, 9.17) is 4.74 Å². The van der Waals surface area contributed by atoms with Gasteiger partial charge < -0.3 is 15.0 Å². The minimum absolute atomic E-state index is 0.566. The SMILES string of the molecule is COc1c(C)cnc(CNCC2CN(C)CCN2C)c1C. The van der Waals surface area contributed by atoms with Gasteiger partial charge in [-0.1, -0.05) is 0 Å². The van der Waals surface area contributed by atoms with Gasteiger partial charge in [-0.3, -0.25) is 9.88 Å². The molecule has 1 aliphatic rings. The average molecular weight is 292 g/mol. The number of ether oxygens (including phenoxy) is 1. The Morgan fingerprint density at radius 2 is 2.10 bits per heavy atom. The molecule has 5 nitrogen and oxygen atoms in total. The first-order chi connectivity index (χ1) is 10.0. The van der Waals surface area contributed by atoms with Gasteiger partial charge in [-0.25, -0.2) is 0 Å². The van der Waals surface area contributed by atoms with E-state index >= 15 is 0 Å². The van der Waals surface area contributed by atoms with E-state index in [9.17, 15) is 0 Å². The van der Waals surface area contributed by atoms with Crippen LogP contribution in [0.5, 0.6) is 5.75 Å². The van der Waals surface area contributed by atoms with Crippen LogP contribution in [0.3, 0.4) is 0 Å². The number of rotatable bonds is 5. The fraction of sp³-hybridized carbons (Fsp3) is 0.688. The summed E-state index contributed by atoms with van der Waals surface area (Å²) in [5, 5.41) is 3.55. The molecule has 0 aromatic carbocycles. The highest BCUT2D eigenvalue weighted by atomic mass is 16.5. The molecular weight excluding hydrogens is 264 g/mol. The van der Waals surface area contributed by atoms with Crippen molar-refractivity contribution >= 4 is 0 Å². The van der Waals surface area contributed by atoms with Crippen molar-refractivity contribution in [2.45, 2.75) is 26.4 Å². The Kier molecular flexibility index (Phi) is 5.56. The molecule has 1 aromatic rings. The molecule has 0 radical (unpaired) electrons. The number of hydrogen-bond donors (Lipinski definition) is 1. The number of pyridine rings is 1. The Morgan fingerprint density at radius 1 is 1.33 bits per heavy atom. The van der Waals surface area contributed by atoms with Crippen molar-refractivity contribution in [1.82, 2.24) is 20.1 Å². The van der Waals surface area contributed by atoms with Crippen LogP contribution >= 0.6 is 0 Å². The van der Waals surface area contributed by atoms with E-state index < -0.39 is 0 Å². The van der Waals surface area contributed by atoms with E-state index in [1.165, 1.54) is 0 Å². The molecule has 1 saturated heterocycles. The number of aryl methyl sites for hydroxylation is 1. The number of aromatic nitrogens is 1. The van der Waals surface area contributed by atoms with Gasteiger partial charge in [0.15, 0.2) is 0 Å². The van der Waals surface area contributed by atoms with Crippen LogP contribution in [0, 0.1) is 13.8 Å². The third-order valence-corrected chi connectivity index (χ3v) is 4.40. The predicted octanol–water partition coefficient (Wildman–Crippen LogP) is 1.04. The topological polar surface area (TPSA) is 40.6 Å². The number of methoxy groups -OCH3 is 1. The van der Waals surface area contributed by atoms with Crippen LogP contribution in [0.2, 0.25) is 0 Å². The van der Waals surface area contributed by atoms with Crippen molar-refractivity contribution in [3.8, 4) is 5.75 Å². The molecule has 5 heteroatoms. The minimum atomic E-state index is 0.566. The maximum atomic E-state index is 5.46. The van der Waals surface area contributed by atoms with Crippen LogP contribution in [0.1, 0.15) is 16.8 Å². The summed E-state index contributed by atoms with van der Waals surface area (Å²) in [6.45, 7) is 9.29. The summed E-state index contributed by atoms with van der Waals surface area (Å²) >= 11 is 0. The molecular formula is C16H28N4O. The summed E-state index contributed by atoms with van der Waals surface area (Å²) in [7, 11) is 6.12. The van der Waals surface area contributed by atoms with E-state index in [0.717, 1.165) is 55.3 Å². The lowest BCUT2D eigenvalue weighted by Crippen LogP contribution is -2.53. The summed E-state index contributed by atoms with van der Waals surface area (Å²) < 4.78 is 5.46. The van der Waals surface area contributed by atoms with Crippen molar-refractivity contribution in [2.24, 2.45) is 0 Å². The molecule has 1 aliphatic heterocycles. The molecule has 0 bridgehead atoms. The molecule has 1 fully saturated rings. The van der Waals surface area contributed by atoms with Gasteiger partial charge >= 0.3 is 0 Å². The van der Waals surface area contributed by atoms with E-state index in [1.54, 1.807) is 7.11 Å². The standard InChI is InChI=1S/C16H28N4O/c1-12-8-18-15(13(2)16(12)21-5)10-17-9-14-11-19(3)6-7-20(14)4/h8,14,17H,6-7,9-11H2,1-5H3. The number of nitrogens with zero attached hydrogens (tertiary/aromatic N) is 3. The molecule has 0 saturated carbocycles. The molecule has 0 spiro atoms. The largest absolute Gasteiger partial charge is 0.496 e. The van der Waals surface area contributed by atoms with Gasteiger partial charge in [0.2, 0.25) is 0 Å². The van der Waals surface area contributed by atoms with E-state index in [-0.39, 0.29) is 0 Å². The third-order valence-electron chi connectivity index (χ3n) is 4.40. The predicted molar refractivity (Wildman–Crippen MR) is 85.9 cm³/mol. The fourth-order valence-electron chi connectivity index (χ4n) is 2.93. The summed E-state index contributed by atoms with van der Waals surface area (Å²) in [5.74, 6) is 0.955. The van der Waals surface area contributed by atoms with Gasteiger partial charge in [0, 0.05) is 56.1 Å². The van der Waals surface area contributed by atoms with Gasteiger partial charge in [-0.05, 0) is 27.9 Å². The van der Waals surface area contributed by atoms with E-state index in [2.05, 4.69) is 41.1 Å². The highest BCUT2D eigenvalue weighted by Crippen LogP contribution is 2.23. The molecule has 2 heterocycles. The molecule has 1 aromatic heterocycles. The minimum Gasteiger partial charge on any atom is -0.496 e. The second-order valence-electron chi connectivity index (χ2n) is 6.07. The van der Waals surface area contributed by atoms with Crippen LogP contribution < -0.4 is 10.1 Å². The smallest absolute Gasteiger partial charge is 0.128 e. The lowest BCUT2D eigenvalue weighted by molar-refractivity contribution is 0.113. The first kappa shape index (κ1) is 16.2. The zero-order valence-corrected chi connectivity index (χ0v) is 13.9. The number of piperazine rings is 1. The van der Waals surface area contributed by atoms with Gasteiger partial charge in [0.05, 0.1) is 12.8 Å². The monoisotopic (exact) mass is 292 g/mol. The van der Waals surface area contributed by atoms with Crippen molar-refractivity contribution in [1.29, 1.82) is 0 Å². The van der Waals surface area contributed by atoms with Gasteiger partial charge in [0.25, 0.3) is 0 Å². The maximum absolute atomic E-state index is 5.46. The van der Waals surface area contributed by atoms with E-state index in [0.29, 0.717) is 6.04 Å². The van der Waals surface area contributed by atoms with Crippen LogP contribution in [0.4, 0.5) is 0 Å². The Morgan fingerprint density at radius 3 is 2.81 bits per heavy atom. The Labute approximate surface area is 128 Å². The number of likely N-dealkylation sites (N-methyl/N-ethyl adjacent to an activating group) is 2. The summed E-state index contributed by atoms with van der Waals surface area (Å²) in [4.78, 5) is 9.36. The second kappa shape index (κ2) is 7.20. The van der Waals surface area contributed by atoms with Crippen LogP contribution in [-0.2, 0) is 6.54 Å². The Hall–Kier alpha value is -1.17. The van der Waals surface area contributed by atoms with Crippen molar-refractivity contribution < 1.29 is 4.74 Å². The normalized spacial score (nSPS) is 20.7. The van der Waals surface area contributed by atoms with Crippen molar-refractivity contribution in [3.05, 3.63) is 23.0 Å². The Bertz CT molecular complexity index is 478. The highest BCUT2D eigenvalue weighted by molar-refractivity contribution is 5.40. The van der Waals surface area contributed by atoms with Crippen molar-refractivity contribution in [2.75, 3.05) is 47.4 Å². The summed E-state index contributed by atoms with van der Waals surface area (Å²) in [6.07, 6.45) is 1.89. The van der Waals surface area contributed by atoms with Crippen LogP contribution in [-0.4, -0.2) is 68.2 Å². The lowest BCUT2D eigenvalue weighted by atomic mass is 10.1. The van der Waals surface area contributed by atoms with Gasteiger partial charge in [0.1, 0.15) is 5.75 Å². The lowest BCUT2D eigenvalue weighted by Gasteiger charge is -2.37. The summed E-state index contributed by atoms with van der Waals surface area (Å²) in [5.41, 5.74) is 3.30. The number of nitrogens with one attached hydrogen (secondary N) is 1. The first-order valence-corrected chi connectivity index (χ1v) is 7.61. The third kappa shape index (κ3) is 3.93. The van der Waals surface area contributed by atoms with Crippen LogP contribution in [0.25, 0.3) is 0 Å². The van der Waals surface area contributed by atoms with Gasteiger partial charge in [-0.15, -0.1) is 0 Å².